The summed E-state index contributed by atoms with van der Waals surface area (Å²) in [6.45, 7) is 1.85. The number of hydrogen-bond acceptors (Lipinski definition) is 0. The number of rotatable bonds is 0. The molecule has 0 N–H and O–H groups in total. The highest BCUT2D eigenvalue weighted by molar-refractivity contribution is 5.09. The molecule has 11 heavy (non-hydrogen) atoms. The van der Waals surface area contributed by atoms with Crippen molar-refractivity contribution in [3.05, 3.63) is 12.2 Å². The fourth-order valence-corrected chi connectivity index (χ4v) is 0.161. The molecule has 0 aromatic heterocycles. The summed E-state index contributed by atoms with van der Waals surface area (Å²) in [4.78, 5) is 0. The van der Waals surface area contributed by atoms with Crippen LogP contribution in [0.3, 0.4) is 0 Å². The molecule has 0 aromatic rings. The van der Waals surface area contributed by atoms with Crippen LogP contribution in [0.5, 0.6) is 0 Å². The summed E-state index contributed by atoms with van der Waals surface area (Å²) in [6, 6.07) is 0. The van der Waals surface area contributed by atoms with Crippen molar-refractivity contribution < 1.29 is 31.0 Å². The minimum atomic E-state index is -5.38. The van der Waals surface area contributed by atoms with Crippen LogP contribution in [-0.4, -0.2) is 12.4 Å². The van der Waals surface area contributed by atoms with E-state index in [4.69, 9.17) is 0 Å². The lowest BCUT2D eigenvalue weighted by molar-refractivity contribution is -0.171. The SMILES string of the molecule is C=C(C(F)(F)F)C(F)(F)F.F. The van der Waals surface area contributed by atoms with E-state index in [9.17, 15) is 26.3 Å². The Labute approximate surface area is 56.9 Å². The van der Waals surface area contributed by atoms with Gasteiger partial charge in [0, 0.05) is 0 Å². The Kier molecular flexibility index (Phi) is 3.63. The van der Waals surface area contributed by atoms with Gasteiger partial charge in [-0.25, -0.2) is 0 Å². The largest absolute Gasteiger partial charge is 0.420 e. The van der Waals surface area contributed by atoms with Crippen LogP contribution < -0.4 is 0 Å². The van der Waals surface area contributed by atoms with Gasteiger partial charge in [0.1, 0.15) is 5.57 Å². The predicted octanol–water partition coefficient (Wildman–Crippen LogP) is 2.82. The van der Waals surface area contributed by atoms with Gasteiger partial charge in [0.2, 0.25) is 0 Å². The van der Waals surface area contributed by atoms with Gasteiger partial charge in [-0.2, -0.15) is 26.3 Å². The molecule has 0 radical (unpaired) electrons. The molecule has 0 saturated carbocycles. The molecule has 0 aliphatic heterocycles. The van der Waals surface area contributed by atoms with Gasteiger partial charge in [0.25, 0.3) is 0 Å². The molecule has 0 rings (SSSR count). The van der Waals surface area contributed by atoms with Crippen LogP contribution in [0.2, 0.25) is 0 Å². The molecule has 7 heteroatoms. The van der Waals surface area contributed by atoms with E-state index in [1.54, 1.807) is 0 Å². The summed E-state index contributed by atoms with van der Waals surface area (Å²) < 4.78 is 66.8. The Balaban J connectivity index is 0. The first-order chi connectivity index (χ1) is 4.15. The third-order valence-electron chi connectivity index (χ3n) is 0.684. The van der Waals surface area contributed by atoms with Gasteiger partial charge in [-0.05, 0) is 0 Å². The van der Waals surface area contributed by atoms with Crippen LogP contribution in [0.25, 0.3) is 0 Å². The zero-order valence-electron chi connectivity index (χ0n) is 4.88. The van der Waals surface area contributed by atoms with Crippen molar-refractivity contribution in [2.75, 3.05) is 0 Å². The lowest BCUT2D eigenvalue weighted by Gasteiger charge is -2.12. The number of hydrogen-bond donors (Lipinski definition) is 0. The topological polar surface area (TPSA) is 0 Å². The fraction of sp³-hybridized carbons (Fsp3) is 0.500. The Morgan fingerprint density at radius 1 is 0.818 bits per heavy atom. The second-order valence-electron chi connectivity index (χ2n) is 1.47. The molecule has 0 unspecified atom stereocenters. The predicted molar refractivity (Wildman–Crippen MR) is 23.8 cm³/mol. The van der Waals surface area contributed by atoms with Crippen molar-refractivity contribution in [2.45, 2.75) is 12.4 Å². The molecule has 68 valence electrons. The summed E-state index contributed by atoms with van der Waals surface area (Å²) >= 11 is 0. The Hall–Kier alpha value is -0.750. The Morgan fingerprint density at radius 3 is 1.00 bits per heavy atom. The average Bonchev–Trinajstić information content (AvgIpc) is 1.59. The summed E-state index contributed by atoms with van der Waals surface area (Å²) in [5, 5.41) is 0. The molecule has 0 spiro atoms. The highest BCUT2D eigenvalue weighted by atomic mass is 19.4. The lowest BCUT2D eigenvalue weighted by Crippen LogP contribution is -2.24. The van der Waals surface area contributed by atoms with Crippen LogP contribution in [0.15, 0.2) is 12.2 Å². The monoisotopic (exact) mass is 184 g/mol. The minimum Gasteiger partial charge on any atom is -0.269 e. The maximum atomic E-state index is 11.1. The third-order valence-corrected chi connectivity index (χ3v) is 0.684. The summed E-state index contributed by atoms with van der Waals surface area (Å²) in [6.07, 6.45) is -10.8. The number of halogens is 7. The molecule has 0 aliphatic carbocycles. The normalized spacial score (nSPS) is 12.2. The van der Waals surface area contributed by atoms with Crippen LogP contribution in [-0.2, 0) is 0 Å². The molecule has 0 aliphatic rings. The van der Waals surface area contributed by atoms with E-state index < -0.39 is 17.9 Å². The van der Waals surface area contributed by atoms with Crippen LogP contribution >= 0.6 is 0 Å². The summed E-state index contributed by atoms with van der Waals surface area (Å²) in [5.74, 6) is 0. The van der Waals surface area contributed by atoms with E-state index in [2.05, 4.69) is 0 Å². The van der Waals surface area contributed by atoms with Crippen molar-refractivity contribution in [3.8, 4) is 0 Å². The Morgan fingerprint density at radius 2 is 1.00 bits per heavy atom. The molecular weight excluding hydrogens is 181 g/mol. The zero-order valence-corrected chi connectivity index (χ0v) is 4.88. The molecule has 0 heterocycles. The van der Waals surface area contributed by atoms with Crippen molar-refractivity contribution in [2.24, 2.45) is 0 Å². The van der Waals surface area contributed by atoms with Crippen molar-refractivity contribution in [3.63, 3.8) is 0 Å². The second-order valence-corrected chi connectivity index (χ2v) is 1.47. The van der Waals surface area contributed by atoms with E-state index in [0.717, 1.165) is 0 Å². The van der Waals surface area contributed by atoms with E-state index >= 15 is 0 Å². The van der Waals surface area contributed by atoms with Gasteiger partial charge in [-0.15, -0.1) is 0 Å². The fourth-order valence-electron chi connectivity index (χ4n) is 0.161. The van der Waals surface area contributed by atoms with Crippen LogP contribution in [0.4, 0.5) is 31.0 Å². The molecule has 0 nitrogen and oxygen atoms in total. The molecule has 0 aromatic carbocycles. The van der Waals surface area contributed by atoms with Gasteiger partial charge in [-0.1, -0.05) is 6.58 Å². The standard InChI is InChI=1S/C4H2F6.FH/c1-2(3(5,6)7)4(8,9)10;/h1H2;1H. The average molecular weight is 184 g/mol. The van der Waals surface area contributed by atoms with Crippen molar-refractivity contribution in [1.82, 2.24) is 0 Å². The van der Waals surface area contributed by atoms with Crippen LogP contribution in [0, 0.1) is 0 Å². The smallest absolute Gasteiger partial charge is 0.269 e. The highest BCUT2D eigenvalue weighted by Crippen LogP contribution is 2.36. The first kappa shape index (κ1) is 12.9. The molecule has 0 saturated heterocycles. The van der Waals surface area contributed by atoms with Gasteiger partial charge in [0.05, 0.1) is 0 Å². The molecule has 0 amide bonds. The first-order valence-electron chi connectivity index (χ1n) is 1.99. The lowest BCUT2D eigenvalue weighted by atomic mass is 10.3. The Bertz CT molecular complexity index is 122. The van der Waals surface area contributed by atoms with Gasteiger partial charge < -0.3 is 0 Å². The molecular formula is C4H3F7. The summed E-state index contributed by atoms with van der Waals surface area (Å²) in [7, 11) is 0. The van der Waals surface area contributed by atoms with E-state index in [1.807, 2.05) is 6.58 Å². The maximum absolute atomic E-state index is 11.1. The van der Waals surface area contributed by atoms with E-state index in [-0.39, 0.29) is 4.70 Å². The molecule has 0 fully saturated rings. The van der Waals surface area contributed by atoms with Crippen molar-refractivity contribution in [1.29, 1.82) is 0 Å². The molecule has 0 bridgehead atoms. The van der Waals surface area contributed by atoms with Gasteiger partial charge in [-0.3, -0.25) is 4.70 Å². The number of alkyl halides is 6. The zero-order chi connectivity index (χ0) is 8.58. The molecule has 0 atom stereocenters. The second kappa shape index (κ2) is 3.10. The third kappa shape index (κ3) is 3.84. The maximum Gasteiger partial charge on any atom is 0.420 e. The van der Waals surface area contributed by atoms with Gasteiger partial charge >= 0.3 is 12.4 Å². The van der Waals surface area contributed by atoms with E-state index in [1.165, 1.54) is 0 Å². The van der Waals surface area contributed by atoms with Gasteiger partial charge in [0.15, 0.2) is 0 Å². The first-order valence-corrected chi connectivity index (χ1v) is 1.99. The minimum absolute atomic E-state index is 0. The van der Waals surface area contributed by atoms with E-state index in [0.29, 0.717) is 0 Å². The number of allylic oxidation sites excluding steroid dienone is 1. The highest BCUT2D eigenvalue weighted by Gasteiger charge is 2.49. The summed E-state index contributed by atoms with van der Waals surface area (Å²) in [5.41, 5.74) is -2.68. The van der Waals surface area contributed by atoms with Crippen LogP contribution in [0.1, 0.15) is 0 Å². The van der Waals surface area contributed by atoms with Crippen molar-refractivity contribution >= 4 is 0 Å². The quantitative estimate of drug-likeness (QED) is 0.401.